The monoisotopic (exact) mass is 336 g/mol. The summed E-state index contributed by atoms with van der Waals surface area (Å²) in [6.07, 6.45) is 2.92. The number of hydrogen-bond acceptors (Lipinski definition) is 2. The van der Waals surface area contributed by atoms with Crippen LogP contribution in [0.1, 0.15) is 16.7 Å². The fourth-order valence-corrected chi connectivity index (χ4v) is 3.41. The molecule has 0 unspecified atom stereocenters. The predicted molar refractivity (Wildman–Crippen MR) is 90.1 cm³/mol. The van der Waals surface area contributed by atoms with Crippen molar-refractivity contribution in [3.63, 3.8) is 0 Å². The maximum atomic E-state index is 4.74. The van der Waals surface area contributed by atoms with Gasteiger partial charge < -0.3 is 0 Å². The van der Waals surface area contributed by atoms with Crippen molar-refractivity contribution in [2.24, 2.45) is 4.99 Å². The summed E-state index contributed by atoms with van der Waals surface area (Å²) < 4.78 is 1.17. The largest absolute Gasteiger partial charge is 0.284 e. The Morgan fingerprint density at radius 1 is 1.00 bits per heavy atom. The third kappa shape index (κ3) is 2.18. The molecule has 2 aromatic carbocycles. The fourth-order valence-electron chi connectivity index (χ4n) is 2.85. The number of nitrogens with zero attached hydrogens (tertiary/aromatic N) is 2. The van der Waals surface area contributed by atoms with E-state index in [1.54, 1.807) is 0 Å². The highest BCUT2D eigenvalue weighted by molar-refractivity contribution is 9.10. The SMILES string of the molecule is Brc1cccc2c1CCN=C2c1cnc2ccccc2c1. The van der Waals surface area contributed by atoms with Gasteiger partial charge in [-0.25, -0.2) is 0 Å². The molecule has 2 heterocycles. The summed E-state index contributed by atoms with van der Waals surface area (Å²) in [7, 11) is 0. The smallest absolute Gasteiger partial charge is 0.0737 e. The third-order valence-corrected chi connectivity index (χ3v) is 4.61. The van der Waals surface area contributed by atoms with Gasteiger partial charge in [-0.1, -0.05) is 46.3 Å². The Balaban J connectivity index is 1.89. The van der Waals surface area contributed by atoms with Crippen molar-refractivity contribution in [1.29, 1.82) is 0 Å². The van der Waals surface area contributed by atoms with E-state index in [0.29, 0.717) is 0 Å². The average Bonchev–Trinajstić information content (AvgIpc) is 2.54. The quantitative estimate of drug-likeness (QED) is 0.646. The van der Waals surface area contributed by atoms with Gasteiger partial charge in [0.2, 0.25) is 0 Å². The highest BCUT2D eigenvalue weighted by Crippen LogP contribution is 2.27. The molecule has 0 N–H and O–H groups in total. The summed E-state index contributed by atoms with van der Waals surface area (Å²) in [6.45, 7) is 0.831. The molecule has 1 aliphatic heterocycles. The van der Waals surface area contributed by atoms with Crippen molar-refractivity contribution >= 4 is 32.5 Å². The second kappa shape index (κ2) is 5.08. The van der Waals surface area contributed by atoms with Gasteiger partial charge in [-0.3, -0.25) is 9.98 Å². The summed E-state index contributed by atoms with van der Waals surface area (Å²) >= 11 is 3.65. The number of rotatable bonds is 1. The molecule has 4 rings (SSSR count). The topological polar surface area (TPSA) is 25.2 Å². The molecule has 0 fully saturated rings. The maximum Gasteiger partial charge on any atom is 0.0737 e. The molecule has 0 spiro atoms. The number of benzene rings is 2. The number of pyridine rings is 1. The number of halogens is 1. The van der Waals surface area contributed by atoms with E-state index >= 15 is 0 Å². The van der Waals surface area contributed by atoms with Gasteiger partial charge in [0.1, 0.15) is 0 Å². The summed E-state index contributed by atoms with van der Waals surface area (Å²) in [5, 5.41) is 1.15. The highest BCUT2D eigenvalue weighted by Gasteiger charge is 2.18. The lowest BCUT2D eigenvalue weighted by molar-refractivity contribution is 0.938. The minimum atomic E-state index is 0.831. The van der Waals surface area contributed by atoms with Crippen LogP contribution in [0.15, 0.2) is 64.2 Å². The lowest BCUT2D eigenvalue weighted by atomic mass is 9.93. The number of aromatic nitrogens is 1. The van der Waals surface area contributed by atoms with Gasteiger partial charge in [0, 0.05) is 33.7 Å². The first-order chi connectivity index (χ1) is 10.3. The molecule has 0 saturated heterocycles. The number of aliphatic imine (C=N–C) groups is 1. The van der Waals surface area contributed by atoms with Crippen LogP contribution >= 0.6 is 15.9 Å². The second-order valence-electron chi connectivity index (χ2n) is 5.16. The van der Waals surface area contributed by atoms with Crippen molar-refractivity contribution < 1.29 is 0 Å². The molecular formula is C18H13BrN2. The Hall–Kier alpha value is -2.00. The average molecular weight is 337 g/mol. The van der Waals surface area contributed by atoms with Crippen molar-refractivity contribution in [2.45, 2.75) is 6.42 Å². The fraction of sp³-hybridized carbons (Fsp3) is 0.111. The van der Waals surface area contributed by atoms with E-state index in [-0.39, 0.29) is 0 Å². The summed E-state index contributed by atoms with van der Waals surface area (Å²) in [6, 6.07) is 16.7. The van der Waals surface area contributed by atoms with E-state index in [9.17, 15) is 0 Å². The second-order valence-corrected chi connectivity index (χ2v) is 6.02. The van der Waals surface area contributed by atoms with Crippen LogP contribution in [-0.2, 0) is 6.42 Å². The van der Waals surface area contributed by atoms with Crippen LogP contribution in [0.2, 0.25) is 0 Å². The van der Waals surface area contributed by atoms with Crippen LogP contribution < -0.4 is 0 Å². The minimum Gasteiger partial charge on any atom is -0.284 e. The zero-order valence-corrected chi connectivity index (χ0v) is 13.0. The molecule has 0 aliphatic carbocycles. The van der Waals surface area contributed by atoms with Gasteiger partial charge in [0.25, 0.3) is 0 Å². The molecule has 0 atom stereocenters. The van der Waals surface area contributed by atoms with E-state index in [0.717, 1.165) is 35.1 Å². The standard InChI is InChI=1S/C18H13BrN2/c19-16-6-3-5-15-14(16)8-9-20-18(15)13-10-12-4-1-2-7-17(12)21-11-13/h1-7,10-11H,8-9H2. The van der Waals surface area contributed by atoms with E-state index in [1.165, 1.54) is 15.6 Å². The molecule has 1 aliphatic rings. The third-order valence-electron chi connectivity index (χ3n) is 3.87. The van der Waals surface area contributed by atoms with E-state index in [1.807, 2.05) is 24.4 Å². The molecule has 0 radical (unpaired) electrons. The molecule has 21 heavy (non-hydrogen) atoms. The Labute approximate surface area is 131 Å². The molecule has 102 valence electrons. The molecule has 3 aromatic rings. The summed E-state index contributed by atoms with van der Waals surface area (Å²) in [5.41, 5.74) is 5.72. The first-order valence-electron chi connectivity index (χ1n) is 7.00. The van der Waals surface area contributed by atoms with Gasteiger partial charge in [-0.2, -0.15) is 0 Å². The van der Waals surface area contributed by atoms with Crippen molar-refractivity contribution in [1.82, 2.24) is 4.98 Å². The van der Waals surface area contributed by atoms with Gasteiger partial charge >= 0.3 is 0 Å². The van der Waals surface area contributed by atoms with Crippen LogP contribution in [0.4, 0.5) is 0 Å². The Bertz CT molecular complexity index is 868. The Morgan fingerprint density at radius 3 is 2.86 bits per heavy atom. The van der Waals surface area contributed by atoms with Crippen LogP contribution in [0.3, 0.4) is 0 Å². The summed E-state index contributed by atoms with van der Waals surface area (Å²) in [5.74, 6) is 0. The van der Waals surface area contributed by atoms with Crippen LogP contribution in [0, 0.1) is 0 Å². The molecular weight excluding hydrogens is 324 g/mol. The highest BCUT2D eigenvalue weighted by atomic mass is 79.9. The van der Waals surface area contributed by atoms with E-state index in [2.05, 4.69) is 51.2 Å². The van der Waals surface area contributed by atoms with Crippen molar-refractivity contribution in [2.75, 3.05) is 6.54 Å². The Morgan fingerprint density at radius 2 is 1.90 bits per heavy atom. The van der Waals surface area contributed by atoms with Crippen LogP contribution in [-0.4, -0.2) is 17.2 Å². The predicted octanol–water partition coefficient (Wildman–Crippen LogP) is 4.39. The zero-order chi connectivity index (χ0) is 14.2. The molecule has 1 aromatic heterocycles. The summed E-state index contributed by atoms with van der Waals surface area (Å²) in [4.78, 5) is 9.30. The van der Waals surface area contributed by atoms with Crippen LogP contribution in [0.5, 0.6) is 0 Å². The number of para-hydroxylation sites is 1. The van der Waals surface area contributed by atoms with Crippen molar-refractivity contribution in [3.05, 3.63) is 75.9 Å². The molecule has 0 bridgehead atoms. The number of hydrogen-bond donors (Lipinski definition) is 0. The normalized spacial score (nSPS) is 13.9. The van der Waals surface area contributed by atoms with Gasteiger partial charge in [-0.05, 0) is 30.2 Å². The van der Waals surface area contributed by atoms with Gasteiger partial charge in [0.15, 0.2) is 0 Å². The maximum absolute atomic E-state index is 4.74. The number of fused-ring (bicyclic) bond motifs is 2. The Kier molecular flexibility index (Phi) is 3.08. The molecule has 0 amide bonds. The lowest BCUT2D eigenvalue weighted by Gasteiger charge is -2.18. The first-order valence-corrected chi connectivity index (χ1v) is 7.79. The minimum absolute atomic E-state index is 0.831. The zero-order valence-electron chi connectivity index (χ0n) is 11.4. The first kappa shape index (κ1) is 12.7. The molecule has 3 heteroatoms. The van der Waals surface area contributed by atoms with Crippen molar-refractivity contribution in [3.8, 4) is 0 Å². The van der Waals surface area contributed by atoms with E-state index < -0.39 is 0 Å². The van der Waals surface area contributed by atoms with Gasteiger partial charge in [0.05, 0.1) is 11.2 Å². The lowest BCUT2D eigenvalue weighted by Crippen LogP contribution is -2.14. The molecule has 2 nitrogen and oxygen atoms in total. The molecule has 0 saturated carbocycles. The van der Waals surface area contributed by atoms with Crippen LogP contribution in [0.25, 0.3) is 10.9 Å². The van der Waals surface area contributed by atoms with Gasteiger partial charge in [-0.15, -0.1) is 0 Å². The van der Waals surface area contributed by atoms with E-state index in [4.69, 9.17) is 4.99 Å².